The zero-order valence-electron chi connectivity index (χ0n) is 12.9. The van der Waals surface area contributed by atoms with Gasteiger partial charge in [-0.05, 0) is 50.1 Å². The van der Waals surface area contributed by atoms with Gasteiger partial charge in [0.05, 0.1) is 0 Å². The lowest BCUT2D eigenvalue weighted by atomic mass is 9.96. The summed E-state index contributed by atoms with van der Waals surface area (Å²) in [6.07, 6.45) is 7.78. The van der Waals surface area contributed by atoms with Crippen molar-refractivity contribution in [2.45, 2.75) is 65.3 Å². The Bertz CT molecular complexity index is 387. The molecule has 1 atom stereocenters. The minimum absolute atomic E-state index is 0.383. The third kappa shape index (κ3) is 5.16. The molecular weight excluding hydrogens is 254 g/mol. The summed E-state index contributed by atoms with van der Waals surface area (Å²) in [6.45, 7) is 6.53. The van der Waals surface area contributed by atoms with Gasteiger partial charge >= 0.3 is 0 Å². The van der Waals surface area contributed by atoms with Gasteiger partial charge < -0.3 is 5.32 Å². The molecule has 0 aromatic heterocycles. The van der Waals surface area contributed by atoms with Crippen molar-refractivity contribution in [3.8, 4) is 0 Å². The summed E-state index contributed by atoms with van der Waals surface area (Å²) in [7, 11) is 2.03. The Balaban J connectivity index is 2.61. The van der Waals surface area contributed by atoms with E-state index in [0.717, 1.165) is 5.02 Å². The first-order chi connectivity index (χ1) is 9.10. The molecule has 2 heteroatoms. The van der Waals surface area contributed by atoms with Gasteiger partial charge in [0.2, 0.25) is 0 Å². The van der Waals surface area contributed by atoms with Crippen LogP contribution in [0.25, 0.3) is 0 Å². The van der Waals surface area contributed by atoms with Crippen LogP contribution in [0, 0.1) is 13.8 Å². The summed E-state index contributed by atoms with van der Waals surface area (Å²) < 4.78 is 0. The highest BCUT2D eigenvalue weighted by Crippen LogP contribution is 2.29. The predicted octanol–water partition coefficient (Wildman–Crippen LogP) is 5.58. The second-order valence-electron chi connectivity index (χ2n) is 5.50. The molecule has 1 nitrogen and oxygen atoms in total. The van der Waals surface area contributed by atoms with Crippen molar-refractivity contribution in [1.82, 2.24) is 5.32 Å². The first kappa shape index (κ1) is 16.5. The summed E-state index contributed by atoms with van der Waals surface area (Å²) in [4.78, 5) is 0. The number of rotatable bonds is 8. The minimum Gasteiger partial charge on any atom is -0.313 e. The second-order valence-corrected chi connectivity index (χ2v) is 5.91. The maximum atomic E-state index is 6.40. The number of hydrogen-bond donors (Lipinski definition) is 1. The maximum absolute atomic E-state index is 6.40. The third-order valence-electron chi connectivity index (χ3n) is 3.93. The number of benzene rings is 1. The molecule has 0 spiro atoms. The highest BCUT2D eigenvalue weighted by atomic mass is 35.5. The van der Waals surface area contributed by atoms with Crippen LogP contribution in [0.2, 0.25) is 5.02 Å². The molecule has 0 saturated heterocycles. The Kier molecular flexibility index (Phi) is 7.48. The Morgan fingerprint density at radius 2 is 1.68 bits per heavy atom. The molecule has 1 rings (SSSR count). The van der Waals surface area contributed by atoms with Crippen LogP contribution < -0.4 is 5.32 Å². The molecule has 1 aromatic rings. The molecule has 0 fully saturated rings. The van der Waals surface area contributed by atoms with E-state index in [1.54, 1.807) is 0 Å². The number of halogens is 1. The van der Waals surface area contributed by atoms with E-state index < -0.39 is 0 Å². The Morgan fingerprint density at radius 1 is 1.05 bits per heavy atom. The molecule has 0 aliphatic carbocycles. The number of aryl methyl sites for hydroxylation is 2. The average Bonchev–Trinajstić information content (AvgIpc) is 2.39. The summed E-state index contributed by atoms with van der Waals surface area (Å²) >= 11 is 6.40. The van der Waals surface area contributed by atoms with Gasteiger partial charge in [-0.3, -0.25) is 0 Å². The summed E-state index contributed by atoms with van der Waals surface area (Å²) in [5, 5.41) is 4.31. The molecule has 108 valence electrons. The zero-order chi connectivity index (χ0) is 14.3. The van der Waals surface area contributed by atoms with E-state index in [-0.39, 0.29) is 0 Å². The van der Waals surface area contributed by atoms with Crippen LogP contribution in [0.3, 0.4) is 0 Å². The fourth-order valence-corrected chi connectivity index (χ4v) is 2.83. The Hall–Kier alpha value is -0.530. The van der Waals surface area contributed by atoms with Crippen LogP contribution in [-0.4, -0.2) is 7.05 Å². The summed E-state index contributed by atoms with van der Waals surface area (Å²) in [5.74, 6) is 0. The third-order valence-corrected chi connectivity index (χ3v) is 4.26. The summed E-state index contributed by atoms with van der Waals surface area (Å²) in [6, 6.07) is 4.71. The molecule has 0 amide bonds. The van der Waals surface area contributed by atoms with Crippen LogP contribution in [0.4, 0.5) is 0 Å². The lowest BCUT2D eigenvalue weighted by molar-refractivity contribution is 0.500. The van der Waals surface area contributed by atoms with Crippen molar-refractivity contribution in [2.24, 2.45) is 0 Å². The first-order valence-corrected chi connectivity index (χ1v) is 7.91. The number of unbranched alkanes of at least 4 members (excludes halogenated alkanes) is 4. The van der Waals surface area contributed by atoms with Crippen molar-refractivity contribution in [3.05, 3.63) is 33.8 Å². The van der Waals surface area contributed by atoms with E-state index in [4.69, 9.17) is 11.6 Å². The van der Waals surface area contributed by atoms with Crippen LogP contribution >= 0.6 is 11.6 Å². The van der Waals surface area contributed by atoms with Gasteiger partial charge in [-0.15, -0.1) is 0 Å². The molecule has 1 N–H and O–H groups in total. The van der Waals surface area contributed by atoms with Crippen molar-refractivity contribution >= 4 is 11.6 Å². The highest BCUT2D eigenvalue weighted by Gasteiger charge is 2.13. The zero-order valence-corrected chi connectivity index (χ0v) is 13.6. The maximum Gasteiger partial charge on any atom is 0.0456 e. The van der Waals surface area contributed by atoms with Crippen LogP contribution in [0.1, 0.15) is 68.2 Å². The first-order valence-electron chi connectivity index (χ1n) is 7.54. The largest absolute Gasteiger partial charge is 0.313 e. The fourth-order valence-electron chi connectivity index (χ4n) is 2.48. The lowest BCUT2D eigenvalue weighted by Crippen LogP contribution is -2.17. The van der Waals surface area contributed by atoms with Gasteiger partial charge in [0.15, 0.2) is 0 Å². The minimum atomic E-state index is 0.383. The predicted molar refractivity (Wildman–Crippen MR) is 86.1 cm³/mol. The van der Waals surface area contributed by atoms with Gasteiger partial charge in [-0.2, -0.15) is 0 Å². The normalized spacial score (nSPS) is 12.7. The topological polar surface area (TPSA) is 12.0 Å². The SMILES string of the molecule is CCCCCCCC(NC)c1cc(C)c(C)cc1Cl. The van der Waals surface area contributed by atoms with E-state index in [1.807, 2.05) is 7.05 Å². The van der Waals surface area contributed by atoms with Gasteiger partial charge in [0.1, 0.15) is 0 Å². The van der Waals surface area contributed by atoms with Crippen LogP contribution in [0.5, 0.6) is 0 Å². The van der Waals surface area contributed by atoms with Crippen molar-refractivity contribution < 1.29 is 0 Å². The Morgan fingerprint density at radius 3 is 2.32 bits per heavy atom. The van der Waals surface area contributed by atoms with E-state index >= 15 is 0 Å². The highest BCUT2D eigenvalue weighted by molar-refractivity contribution is 6.31. The smallest absolute Gasteiger partial charge is 0.0456 e. The monoisotopic (exact) mass is 281 g/mol. The molecular formula is C17H28ClN. The summed E-state index contributed by atoms with van der Waals surface area (Å²) in [5.41, 5.74) is 3.85. The molecule has 0 heterocycles. The molecule has 0 saturated carbocycles. The number of nitrogens with one attached hydrogen (secondary N) is 1. The molecule has 0 aliphatic heterocycles. The van der Waals surface area contributed by atoms with Gasteiger partial charge in [-0.1, -0.05) is 56.7 Å². The van der Waals surface area contributed by atoms with Gasteiger partial charge in [0.25, 0.3) is 0 Å². The van der Waals surface area contributed by atoms with E-state index in [9.17, 15) is 0 Å². The van der Waals surface area contributed by atoms with Crippen molar-refractivity contribution in [2.75, 3.05) is 7.05 Å². The van der Waals surface area contributed by atoms with E-state index in [2.05, 4.69) is 38.2 Å². The quantitative estimate of drug-likeness (QED) is 0.614. The average molecular weight is 282 g/mol. The Labute approximate surface area is 123 Å². The van der Waals surface area contributed by atoms with E-state index in [0.29, 0.717) is 6.04 Å². The standard InChI is InChI=1S/C17H28ClN/c1-5-6-7-8-9-10-17(19-4)15-11-13(2)14(3)12-16(15)18/h11-12,17,19H,5-10H2,1-4H3. The second kappa shape index (κ2) is 8.60. The number of hydrogen-bond acceptors (Lipinski definition) is 1. The molecule has 0 bridgehead atoms. The fraction of sp³-hybridized carbons (Fsp3) is 0.647. The van der Waals surface area contributed by atoms with Crippen LogP contribution in [-0.2, 0) is 0 Å². The van der Waals surface area contributed by atoms with Crippen molar-refractivity contribution in [1.29, 1.82) is 0 Å². The molecule has 19 heavy (non-hydrogen) atoms. The molecule has 1 aromatic carbocycles. The van der Waals surface area contributed by atoms with Crippen LogP contribution in [0.15, 0.2) is 12.1 Å². The lowest BCUT2D eigenvalue weighted by Gasteiger charge is -2.19. The van der Waals surface area contributed by atoms with Gasteiger partial charge in [-0.25, -0.2) is 0 Å². The van der Waals surface area contributed by atoms with Gasteiger partial charge in [0, 0.05) is 11.1 Å². The molecule has 0 aliphatic rings. The van der Waals surface area contributed by atoms with E-state index in [1.165, 1.54) is 55.2 Å². The molecule has 1 unspecified atom stereocenters. The molecule has 0 radical (unpaired) electrons. The van der Waals surface area contributed by atoms with Crippen molar-refractivity contribution in [3.63, 3.8) is 0 Å².